The van der Waals surface area contributed by atoms with Crippen molar-refractivity contribution in [1.82, 2.24) is 5.32 Å². The third-order valence-electron chi connectivity index (χ3n) is 5.63. The Labute approximate surface area is 125 Å². The van der Waals surface area contributed by atoms with E-state index < -0.39 is 0 Å². The van der Waals surface area contributed by atoms with Crippen molar-refractivity contribution in [2.24, 2.45) is 17.3 Å². The highest BCUT2D eigenvalue weighted by molar-refractivity contribution is 4.99. The molecule has 0 heterocycles. The first-order chi connectivity index (χ1) is 9.50. The Morgan fingerprint density at radius 2 is 1.55 bits per heavy atom. The van der Waals surface area contributed by atoms with Crippen molar-refractivity contribution in [3.05, 3.63) is 0 Å². The molecule has 2 rings (SSSR count). The first-order valence-corrected chi connectivity index (χ1v) is 8.66. The molecule has 0 aromatic heterocycles. The highest BCUT2D eigenvalue weighted by Gasteiger charge is 2.33. The molecule has 2 aliphatic carbocycles. The van der Waals surface area contributed by atoms with Crippen molar-refractivity contribution >= 4 is 0 Å². The van der Waals surface area contributed by atoms with Gasteiger partial charge in [0.2, 0.25) is 0 Å². The van der Waals surface area contributed by atoms with Crippen LogP contribution in [-0.2, 0) is 0 Å². The summed E-state index contributed by atoms with van der Waals surface area (Å²) in [7, 11) is 0. The molecule has 2 fully saturated rings. The van der Waals surface area contributed by atoms with Gasteiger partial charge in [0.05, 0.1) is 12.1 Å². The number of nitrogens with one attached hydrogen (secondary N) is 1. The van der Waals surface area contributed by atoms with Crippen molar-refractivity contribution in [3.63, 3.8) is 0 Å². The van der Waals surface area contributed by atoms with Gasteiger partial charge < -0.3 is 0 Å². The summed E-state index contributed by atoms with van der Waals surface area (Å²) < 4.78 is 0. The Balaban J connectivity index is 1.82. The lowest BCUT2D eigenvalue weighted by Gasteiger charge is -2.39. The van der Waals surface area contributed by atoms with Gasteiger partial charge >= 0.3 is 0 Å². The van der Waals surface area contributed by atoms with Gasteiger partial charge in [0.15, 0.2) is 0 Å². The maximum absolute atomic E-state index is 9.52. The third kappa shape index (κ3) is 4.22. The van der Waals surface area contributed by atoms with E-state index in [2.05, 4.69) is 32.2 Å². The van der Waals surface area contributed by atoms with Crippen LogP contribution in [-0.4, -0.2) is 12.1 Å². The first-order valence-electron chi connectivity index (χ1n) is 8.66. The van der Waals surface area contributed by atoms with Gasteiger partial charge in [-0.05, 0) is 55.8 Å². The first kappa shape index (κ1) is 15.8. The zero-order valence-electron chi connectivity index (χ0n) is 13.6. The second kappa shape index (κ2) is 6.94. The van der Waals surface area contributed by atoms with Crippen molar-refractivity contribution in [1.29, 1.82) is 5.26 Å². The largest absolute Gasteiger partial charge is 0.299 e. The number of hydrogen-bond donors (Lipinski definition) is 1. The summed E-state index contributed by atoms with van der Waals surface area (Å²) in [6.45, 7) is 7.08. The molecule has 20 heavy (non-hydrogen) atoms. The van der Waals surface area contributed by atoms with Crippen molar-refractivity contribution in [2.45, 2.75) is 90.6 Å². The molecule has 2 aliphatic rings. The van der Waals surface area contributed by atoms with Crippen molar-refractivity contribution < 1.29 is 0 Å². The maximum Gasteiger partial charge on any atom is 0.0983 e. The van der Waals surface area contributed by atoms with Crippen molar-refractivity contribution in [3.8, 4) is 6.07 Å². The molecule has 0 spiro atoms. The molecular weight excluding hydrogens is 244 g/mol. The summed E-state index contributed by atoms with van der Waals surface area (Å²) in [4.78, 5) is 0. The minimum absolute atomic E-state index is 0.0963. The summed E-state index contributed by atoms with van der Waals surface area (Å²) in [5.41, 5.74) is 0.434. The molecule has 0 aliphatic heterocycles. The lowest BCUT2D eigenvalue weighted by molar-refractivity contribution is 0.137. The highest BCUT2D eigenvalue weighted by Crippen LogP contribution is 2.40. The molecule has 2 saturated carbocycles. The van der Waals surface area contributed by atoms with Gasteiger partial charge in [-0.2, -0.15) is 5.26 Å². The van der Waals surface area contributed by atoms with E-state index >= 15 is 0 Å². The molecule has 2 heteroatoms. The van der Waals surface area contributed by atoms with Gasteiger partial charge in [-0.1, -0.05) is 40.0 Å². The predicted octanol–water partition coefficient (Wildman–Crippen LogP) is 4.65. The van der Waals surface area contributed by atoms with E-state index in [4.69, 9.17) is 0 Å². The van der Waals surface area contributed by atoms with E-state index in [1.165, 1.54) is 57.8 Å². The molecule has 0 radical (unpaired) electrons. The average Bonchev–Trinajstić information content (AvgIpc) is 2.45. The predicted molar refractivity (Wildman–Crippen MR) is 84.3 cm³/mol. The molecule has 1 unspecified atom stereocenters. The number of hydrogen-bond acceptors (Lipinski definition) is 2. The summed E-state index contributed by atoms with van der Waals surface area (Å²) in [5.74, 6) is 1.42. The molecule has 0 aromatic carbocycles. The second-order valence-corrected chi connectivity index (χ2v) is 8.09. The summed E-state index contributed by atoms with van der Waals surface area (Å²) in [6, 6.07) is 3.26. The van der Waals surface area contributed by atoms with Gasteiger partial charge in [0.1, 0.15) is 0 Å². The third-order valence-corrected chi connectivity index (χ3v) is 5.63. The molecule has 0 saturated heterocycles. The van der Waals surface area contributed by atoms with Gasteiger partial charge in [-0.3, -0.25) is 5.32 Å². The quantitative estimate of drug-likeness (QED) is 0.814. The molecule has 0 bridgehead atoms. The fourth-order valence-electron chi connectivity index (χ4n) is 4.12. The molecule has 0 aromatic rings. The van der Waals surface area contributed by atoms with Gasteiger partial charge in [-0.25, -0.2) is 0 Å². The van der Waals surface area contributed by atoms with E-state index in [1.54, 1.807) is 0 Å². The Morgan fingerprint density at radius 1 is 0.950 bits per heavy atom. The van der Waals surface area contributed by atoms with Crippen LogP contribution in [0.4, 0.5) is 0 Å². The van der Waals surface area contributed by atoms with Crippen LogP contribution in [0.5, 0.6) is 0 Å². The monoisotopic (exact) mass is 276 g/mol. The van der Waals surface area contributed by atoms with E-state index in [0.29, 0.717) is 17.4 Å². The molecule has 114 valence electrons. The summed E-state index contributed by atoms with van der Waals surface area (Å²) in [6.07, 6.45) is 11.7. The Hall–Kier alpha value is -0.550. The summed E-state index contributed by atoms with van der Waals surface area (Å²) in [5, 5.41) is 13.2. The molecule has 1 N–H and O–H groups in total. The zero-order valence-corrected chi connectivity index (χ0v) is 13.6. The van der Waals surface area contributed by atoms with Gasteiger partial charge in [0.25, 0.3) is 0 Å². The number of nitriles is 1. The Bertz CT molecular complexity index is 322. The minimum Gasteiger partial charge on any atom is -0.299 e. The van der Waals surface area contributed by atoms with Gasteiger partial charge in [-0.15, -0.1) is 0 Å². The normalized spacial score (nSPS) is 30.7. The molecule has 2 nitrogen and oxygen atoms in total. The van der Waals surface area contributed by atoms with Crippen LogP contribution >= 0.6 is 0 Å². The van der Waals surface area contributed by atoms with E-state index in [0.717, 1.165) is 5.92 Å². The van der Waals surface area contributed by atoms with Crippen LogP contribution in [0, 0.1) is 28.6 Å². The number of nitrogens with zero attached hydrogens (tertiary/aromatic N) is 1. The lowest BCUT2D eigenvalue weighted by Crippen LogP contribution is -2.44. The smallest absolute Gasteiger partial charge is 0.0983 e. The standard InChI is InChI=1S/C18H32N2/c1-18(2,3)15-11-9-14(10-12-15)17(13-19)20-16-7-5-4-6-8-16/h14-17,20H,4-12H2,1-3H3. The number of rotatable bonds is 3. The van der Waals surface area contributed by atoms with Gasteiger partial charge in [0, 0.05) is 6.04 Å². The SMILES string of the molecule is CC(C)(C)C1CCC(C(C#N)NC2CCCCC2)CC1. The fourth-order valence-corrected chi connectivity index (χ4v) is 4.12. The summed E-state index contributed by atoms with van der Waals surface area (Å²) >= 11 is 0. The topological polar surface area (TPSA) is 35.8 Å². The van der Waals surface area contributed by atoms with Crippen LogP contribution in [0.25, 0.3) is 0 Å². The minimum atomic E-state index is 0.0963. The van der Waals surface area contributed by atoms with Crippen LogP contribution < -0.4 is 5.32 Å². The van der Waals surface area contributed by atoms with Crippen LogP contribution in [0.15, 0.2) is 0 Å². The molecule has 1 atom stereocenters. The molecular formula is C18H32N2. The van der Waals surface area contributed by atoms with Crippen molar-refractivity contribution in [2.75, 3.05) is 0 Å². The maximum atomic E-state index is 9.52. The fraction of sp³-hybridized carbons (Fsp3) is 0.944. The lowest BCUT2D eigenvalue weighted by atomic mass is 9.68. The zero-order chi connectivity index (χ0) is 14.6. The highest BCUT2D eigenvalue weighted by atomic mass is 15.0. The second-order valence-electron chi connectivity index (χ2n) is 8.09. The van der Waals surface area contributed by atoms with Crippen LogP contribution in [0.3, 0.4) is 0 Å². The van der Waals surface area contributed by atoms with Crippen LogP contribution in [0.1, 0.15) is 78.6 Å². The Morgan fingerprint density at radius 3 is 2.05 bits per heavy atom. The molecule has 0 amide bonds. The Kier molecular flexibility index (Phi) is 5.49. The van der Waals surface area contributed by atoms with E-state index in [-0.39, 0.29) is 6.04 Å². The van der Waals surface area contributed by atoms with Crippen LogP contribution in [0.2, 0.25) is 0 Å². The van der Waals surface area contributed by atoms with E-state index in [9.17, 15) is 5.26 Å². The van der Waals surface area contributed by atoms with E-state index in [1.807, 2.05) is 0 Å². The average molecular weight is 276 g/mol.